The van der Waals surface area contributed by atoms with Crippen LogP contribution in [-0.2, 0) is 0 Å². The van der Waals surface area contributed by atoms with Gasteiger partial charge in [-0.05, 0) is 31.5 Å². The number of Topliss-reactive ketones (excluding diaryl/α,β-unsaturated/α-hetero) is 1. The molecule has 110 valence electrons. The number of carbonyl (C=O) groups excluding carboxylic acids is 2. The van der Waals surface area contributed by atoms with E-state index in [0.717, 1.165) is 0 Å². The molecule has 0 aliphatic heterocycles. The van der Waals surface area contributed by atoms with Gasteiger partial charge in [-0.2, -0.15) is 0 Å². The van der Waals surface area contributed by atoms with Gasteiger partial charge in [0.25, 0.3) is 5.91 Å². The maximum absolute atomic E-state index is 12.4. The molecule has 1 aromatic heterocycles. The summed E-state index contributed by atoms with van der Waals surface area (Å²) >= 11 is 0. The summed E-state index contributed by atoms with van der Waals surface area (Å²) in [6, 6.07) is 7.12. The lowest BCUT2D eigenvalue weighted by molar-refractivity contribution is 0.101. The number of aromatic nitrogens is 1. The van der Waals surface area contributed by atoms with Crippen molar-refractivity contribution in [1.29, 1.82) is 0 Å². The Hall–Kier alpha value is -2.56. The molecule has 0 aliphatic carbocycles. The van der Waals surface area contributed by atoms with Crippen LogP contribution in [0.2, 0.25) is 0 Å². The van der Waals surface area contributed by atoms with Gasteiger partial charge in [0.15, 0.2) is 5.78 Å². The standard InChI is InChI=1S/C16H18N2O3/c1-9-14(10(2)17-15(9)11(3)19)16(20)18-12-6-5-7-13(8-12)21-4/h5-8,17H,1-4H3,(H,18,20). The van der Waals surface area contributed by atoms with E-state index in [1.807, 2.05) is 0 Å². The second-order valence-corrected chi connectivity index (χ2v) is 4.87. The summed E-state index contributed by atoms with van der Waals surface area (Å²) in [5, 5.41) is 2.82. The minimum Gasteiger partial charge on any atom is -0.497 e. The minimum atomic E-state index is -0.248. The number of carbonyl (C=O) groups is 2. The van der Waals surface area contributed by atoms with Gasteiger partial charge < -0.3 is 15.0 Å². The van der Waals surface area contributed by atoms with Crippen molar-refractivity contribution in [3.8, 4) is 5.75 Å². The van der Waals surface area contributed by atoms with Crippen molar-refractivity contribution in [1.82, 2.24) is 4.98 Å². The number of H-pyrrole nitrogens is 1. The number of amides is 1. The number of aryl methyl sites for hydroxylation is 1. The summed E-state index contributed by atoms with van der Waals surface area (Å²) < 4.78 is 5.12. The van der Waals surface area contributed by atoms with E-state index < -0.39 is 0 Å². The molecule has 0 aliphatic rings. The number of ether oxygens (including phenoxy) is 1. The molecule has 5 nitrogen and oxygen atoms in total. The molecule has 0 fully saturated rings. The van der Waals surface area contributed by atoms with Gasteiger partial charge in [0.2, 0.25) is 0 Å². The molecular weight excluding hydrogens is 268 g/mol. The fraction of sp³-hybridized carbons (Fsp3) is 0.250. The van der Waals surface area contributed by atoms with Gasteiger partial charge in [0.1, 0.15) is 5.75 Å². The first-order valence-electron chi connectivity index (χ1n) is 6.59. The number of anilines is 1. The maximum atomic E-state index is 12.4. The Balaban J connectivity index is 2.30. The molecule has 2 N–H and O–H groups in total. The zero-order valence-corrected chi connectivity index (χ0v) is 12.5. The Kier molecular flexibility index (Phi) is 4.12. The number of rotatable bonds is 4. The van der Waals surface area contributed by atoms with Crippen molar-refractivity contribution in [2.75, 3.05) is 12.4 Å². The van der Waals surface area contributed by atoms with Gasteiger partial charge >= 0.3 is 0 Å². The topological polar surface area (TPSA) is 71.2 Å². The first kappa shape index (κ1) is 14.8. The van der Waals surface area contributed by atoms with Gasteiger partial charge in [-0.3, -0.25) is 9.59 Å². The largest absolute Gasteiger partial charge is 0.497 e. The molecule has 2 aromatic rings. The Morgan fingerprint density at radius 1 is 1.24 bits per heavy atom. The van der Waals surface area contributed by atoms with E-state index in [0.29, 0.717) is 34.0 Å². The zero-order valence-electron chi connectivity index (χ0n) is 12.5. The third-order valence-corrected chi connectivity index (χ3v) is 3.34. The molecule has 1 heterocycles. The van der Waals surface area contributed by atoms with Crippen LogP contribution in [0.5, 0.6) is 5.75 Å². The highest BCUT2D eigenvalue weighted by atomic mass is 16.5. The van der Waals surface area contributed by atoms with Crippen LogP contribution in [0.4, 0.5) is 5.69 Å². The molecule has 1 amide bonds. The van der Waals surface area contributed by atoms with Crippen molar-refractivity contribution >= 4 is 17.4 Å². The smallest absolute Gasteiger partial charge is 0.257 e. The fourth-order valence-electron chi connectivity index (χ4n) is 2.34. The first-order valence-corrected chi connectivity index (χ1v) is 6.59. The number of benzene rings is 1. The van der Waals surface area contributed by atoms with E-state index in [9.17, 15) is 9.59 Å². The highest BCUT2D eigenvalue weighted by molar-refractivity contribution is 6.08. The highest BCUT2D eigenvalue weighted by Crippen LogP contribution is 2.22. The number of ketones is 1. The number of hydrogen-bond acceptors (Lipinski definition) is 3. The lowest BCUT2D eigenvalue weighted by Crippen LogP contribution is -2.13. The van der Waals surface area contributed by atoms with Crippen molar-refractivity contribution in [3.63, 3.8) is 0 Å². The molecule has 0 radical (unpaired) electrons. The Morgan fingerprint density at radius 3 is 2.52 bits per heavy atom. The SMILES string of the molecule is COc1cccc(NC(=O)c2c(C)[nH]c(C(C)=O)c2C)c1. The Bertz CT molecular complexity index is 702. The molecule has 0 saturated heterocycles. The zero-order chi connectivity index (χ0) is 15.6. The van der Waals surface area contributed by atoms with E-state index >= 15 is 0 Å². The Labute approximate surface area is 123 Å². The van der Waals surface area contributed by atoms with Crippen LogP contribution in [0.1, 0.15) is 39.0 Å². The quantitative estimate of drug-likeness (QED) is 0.848. The summed E-state index contributed by atoms with van der Waals surface area (Å²) in [6.07, 6.45) is 0. The van der Waals surface area contributed by atoms with Crippen LogP contribution in [-0.4, -0.2) is 23.8 Å². The lowest BCUT2D eigenvalue weighted by Gasteiger charge is -2.07. The van der Waals surface area contributed by atoms with Crippen molar-refractivity contribution < 1.29 is 14.3 Å². The van der Waals surface area contributed by atoms with Gasteiger partial charge in [-0.15, -0.1) is 0 Å². The summed E-state index contributed by atoms with van der Waals surface area (Å²) in [5.41, 5.74) is 2.97. The van der Waals surface area contributed by atoms with E-state index in [1.54, 1.807) is 45.2 Å². The molecule has 0 unspecified atom stereocenters. The molecule has 0 spiro atoms. The van der Waals surface area contributed by atoms with Crippen LogP contribution in [0.3, 0.4) is 0 Å². The fourth-order valence-corrected chi connectivity index (χ4v) is 2.34. The molecule has 1 aromatic carbocycles. The third kappa shape index (κ3) is 2.97. The van der Waals surface area contributed by atoms with Crippen molar-refractivity contribution in [2.45, 2.75) is 20.8 Å². The van der Waals surface area contributed by atoms with Gasteiger partial charge in [0, 0.05) is 24.4 Å². The molecular formula is C16H18N2O3. The number of aromatic amines is 1. The maximum Gasteiger partial charge on any atom is 0.257 e. The predicted molar refractivity (Wildman–Crippen MR) is 81.2 cm³/mol. The Morgan fingerprint density at radius 2 is 1.95 bits per heavy atom. The van der Waals surface area contributed by atoms with Crippen LogP contribution in [0.25, 0.3) is 0 Å². The number of hydrogen-bond donors (Lipinski definition) is 2. The lowest BCUT2D eigenvalue weighted by atomic mass is 10.1. The average molecular weight is 286 g/mol. The second-order valence-electron chi connectivity index (χ2n) is 4.87. The molecule has 0 bridgehead atoms. The minimum absolute atomic E-state index is 0.0870. The molecule has 21 heavy (non-hydrogen) atoms. The van der Waals surface area contributed by atoms with Crippen LogP contribution < -0.4 is 10.1 Å². The van der Waals surface area contributed by atoms with E-state index in [1.165, 1.54) is 6.92 Å². The third-order valence-electron chi connectivity index (χ3n) is 3.34. The van der Waals surface area contributed by atoms with E-state index in [2.05, 4.69) is 10.3 Å². The summed E-state index contributed by atoms with van der Waals surface area (Å²) in [4.78, 5) is 26.9. The first-order chi connectivity index (χ1) is 9.93. The van der Waals surface area contributed by atoms with E-state index in [-0.39, 0.29) is 11.7 Å². The second kappa shape index (κ2) is 5.83. The van der Waals surface area contributed by atoms with Crippen molar-refractivity contribution in [3.05, 3.63) is 46.8 Å². The summed E-state index contributed by atoms with van der Waals surface area (Å²) in [7, 11) is 1.57. The monoisotopic (exact) mass is 286 g/mol. The van der Waals surface area contributed by atoms with Crippen LogP contribution in [0.15, 0.2) is 24.3 Å². The van der Waals surface area contributed by atoms with Gasteiger partial charge in [-0.1, -0.05) is 6.07 Å². The van der Waals surface area contributed by atoms with Crippen LogP contribution in [0, 0.1) is 13.8 Å². The van der Waals surface area contributed by atoms with Gasteiger partial charge in [0.05, 0.1) is 18.4 Å². The number of nitrogens with one attached hydrogen (secondary N) is 2. The molecule has 2 rings (SSSR count). The predicted octanol–water partition coefficient (Wildman–Crippen LogP) is 3.10. The number of methoxy groups -OCH3 is 1. The normalized spacial score (nSPS) is 10.3. The highest BCUT2D eigenvalue weighted by Gasteiger charge is 2.20. The molecule has 0 atom stereocenters. The molecule has 5 heteroatoms. The summed E-state index contributed by atoms with van der Waals surface area (Å²) in [5.74, 6) is 0.331. The average Bonchev–Trinajstić information content (AvgIpc) is 2.74. The van der Waals surface area contributed by atoms with Crippen LogP contribution >= 0.6 is 0 Å². The van der Waals surface area contributed by atoms with E-state index in [4.69, 9.17) is 4.74 Å². The summed E-state index contributed by atoms with van der Waals surface area (Å²) in [6.45, 7) is 5.02. The van der Waals surface area contributed by atoms with Gasteiger partial charge in [-0.25, -0.2) is 0 Å². The van der Waals surface area contributed by atoms with Crippen molar-refractivity contribution in [2.24, 2.45) is 0 Å². The molecule has 0 saturated carbocycles.